The lowest BCUT2D eigenvalue weighted by Gasteiger charge is -2.30. The number of amides is 1. The molecule has 11 heteroatoms. The summed E-state index contributed by atoms with van der Waals surface area (Å²) in [7, 11) is 0. The molecule has 1 fully saturated rings. The van der Waals surface area contributed by atoms with Gasteiger partial charge in [0.25, 0.3) is 5.91 Å². The Balaban J connectivity index is 1.46. The minimum absolute atomic E-state index is 0.134. The number of piperidine rings is 1. The molecule has 1 aromatic carbocycles. The summed E-state index contributed by atoms with van der Waals surface area (Å²) >= 11 is 1.54. The molecule has 3 heterocycles. The molecule has 0 spiro atoms. The van der Waals surface area contributed by atoms with Gasteiger partial charge in [0.05, 0.1) is 24.6 Å². The third kappa shape index (κ3) is 7.20. The van der Waals surface area contributed by atoms with E-state index in [4.69, 9.17) is 9.15 Å². The van der Waals surface area contributed by atoms with Crippen LogP contribution in [-0.4, -0.2) is 46.4 Å². The molecule has 0 aliphatic carbocycles. The SMILES string of the molecule is CCOC(=O)[C@H]1CCCN(C(=O)c2coc(CN(Cc3cccc(C(F)(F)F)c3)Cc3cccs3)n2)C1. The number of ether oxygens (including phenoxy) is 1. The largest absolute Gasteiger partial charge is 0.466 e. The maximum atomic E-state index is 13.2. The average molecular weight is 536 g/mol. The lowest BCUT2D eigenvalue weighted by Crippen LogP contribution is -2.43. The molecule has 2 aromatic heterocycles. The highest BCUT2D eigenvalue weighted by atomic mass is 32.1. The Morgan fingerprint density at radius 2 is 2.05 bits per heavy atom. The van der Waals surface area contributed by atoms with Gasteiger partial charge in [-0.25, -0.2) is 4.98 Å². The van der Waals surface area contributed by atoms with Gasteiger partial charge in [0.2, 0.25) is 5.89 Å². The van der Waals surface area contributed by atoms with Gasteiger partial charge < -0.3 is 14.1 Å². The molecule has 0 radical (unpaired) electrons. The zero-order valence-corrected chi connectivity index (χ0v) is 21.2. The Morgan fingerprint density at radius 3 is 2.78 bits per heavy atom. The Hall–Kier alpha value is -3.18. The van der Waals surface area contributed by atoms with Crippen LogP contribution in [0.2, 0.25) is 0 Å². The van der Waals surface area contributed by atoms with Gasteiger partial charge in [-0.2, -0.15) is 13.2 Å². The number of halogens is 3. The number of oxazole rings is 1. The molecule has 3 aromatic rings. The van der Waals surface area contributed by atoms with Crippen LogP contribution in [0.1, 0.15) is 52.1 Å². The second-order valence-corrected chi connectivity index (χ2v) is 9.92. The molecular weight excluding hydrogens is 507 g/mol. The summed E-state index contributed by atoms with van der Waals surface area (Å²) in [5.41, 5.74) is -0.0602. The highest BCUT2D eigenvalue weighted by molar-refractivity contribution is 7.09. The minimum Gasteiger partial charge on any atom is -0.466 e. The van der Waals surface area contributed by atoms with E-state index in [9.17, 15) is 22.8 Å². The molecule has 4 rings (SSSR count). The van der Waals surface area contributed by atoms with Crippen molar-refractivity contribution in [2.45, 2.75) is 45.6 Å². The number of esters is 1. The summed E-state index contributed by atoms with van der Waals surface area (Å²) < 4.78 is 50.3. The number of hydrogen-bond donors (Lipinski definition) is 0. The fourth-order valence-corrected chi connectivity index (χ4v) is 5.09. The summed E-state index contributed by atoms with van der Waals surface area (Å²) in [4.78, 5) is 34.1. The third-order valence-corrected chi connectivity index (χ3v) is 6.94. The third-order valence-electron chi connectivity index (χ3n) is 6.08. The quantitative estimate of drug-likeness (QED) is 0.343. The van der Waals surface area contributed by atoms with Crippen LogP contribution in [0, 0.1) is 5.92 Å². The molecule has 0 bridgehead atoms. The normalized spacial score (nSPS) is 16.2. The van der Waals surface area contributed by atoms with E-state index >= 15 is 0 Å². The number of nitrogens with zero attached hydrogens (tertiary/aromatic N) is 3. The van der Waals surface area contributed by atoms with Gasteiger partial charge in [0.15, 0.2) is 5.69 Å². The molecule has 1 amide bonds. The standard InChI is InChI=1S/C26H28F3N3O4S/c1-2-35-25(34)19-7-4-10-32(14-19)24(33)22-17-36-23(30-22)16-31(15-21-9-5-11-37-21)13-18-6-3-8-20(12-18)26(27,28)29/h3,5-6,8-9,11-12,17,19H,2,4,7,10,13-16H2,1H3/t19-/m0/s1. The average Bonchev–Trinajstić information content (AvgIpc) is 3.56. The monoisotopic (exact) mass is 535 g/mol. The van der Waals surface area contributed by atoms with Crippen LogP contribution in [-0.2, 0) is 35.3 Å². The lowest BCUT2D eigenvalue weighted by atomic mass is 9.98. The Morgan fingerprint density at radius 1 is 1.22 bits per heavy atom. The van der Waals surface area contributed by atoms with E-state index in [1.54, 1.807) is 29.2 Å². The zero-order chi connectivity index (χ0) is 26.4. The number of benzene rings is 1. The Bertz CT molecular complexity index is 1200. The van der Waals surface area contributed by atoms with Gasteiger partial charge in [-0.05, 0) is 42.8 Å². The molecule has 1 aliphatic heterocycles. The van der Waals surface area contributed by atoms with Crippen molar-refractivity contribution in [3.63, 3.8) is 0 Å². The maximum absolute atomic E-state index is 13.2. The number of alkyl halides is 3. The van der Waals surface area contributed by atoms with Crippen LogP contribution in [0.5, 0.6) is 0 Å². The van der Waals surface area contributed by atoms with Crippen molar-refractivity contribution in [2.24, 2.45) is 5.92 Å². The summed E-state index contributed by atoms with van der Waals surface area (Å²) in [6.07, 6.45) is -1.78. The number of carbonyl (C=O) groups is 2. The van der Waals surface area contributed by atoms with Crippen molar-refractivity contribution >= 4 is 23.2 Å². The van der Waals surface area contributed by atoms with Crippen LogP contribution < -0.4 is 0 Å². The first-order valence-corrected chi connectivity index (χ1v) is 12.9. The number of rotatable bonds is 9. The summed E-state index contributed by atoms with van der Waals surface area (Å²) in [6, 6.07) is 9.09. The number of carbonyl (C=O) groups excluding carboxylic acids is 2. The van der Waals surface area contributed by atoms with Crippen LogP contribution in [0.25, 0.3) is 0 Å². The molecule has 0 N–H and O–H groups in total. The van der Waals surface area contributed by atoms with Crippen molar-refractivity contribution in [3.05, 3.63) is 75.6 Å². The van der Waals surface area contributed by atoms with Gasteiger partial charge in [0.1, 0.15) is 6.26 Å². The molecule has 1 aliphatic rings. The summed E-state index contributed by atoms with van der Waals surface area (Å²) in [6.45, 7) is 3.73. The topological polar surface area (TPSA) is 75.9 Å². The van der Waals surface area contributed by atoms with E-state index in [0.717, 1.165) is 17.0 Å². The maximum Gasteiger partial charge on any atom is 0.416 e. The van der Waals surface area contributed by atoms with Gasteiger partial charge in [0, 0.05) is 31.1 Å². The van der Waals surface area contributed by atoms with E-state index in [-0.39, 0.29) is 49.0 Å². The van der Waals surface area contributed by atoms with Crippen molar-refractivity contribution in [1.29, 1.82) is 0 Å². The molecule has 198 valence electrons. The first kappa shape index (κ1) is 26.9. The van der Waals surface area contributed by atoms with Gasteiger partial charge >= 0.3 is 12.1 Å². The Kier molecular flexibility index (Phi) is 8.65. The number of aromatic nitrogens is 1. The number of likely N-dealkylation sites (tertiary alicyclic amines) is 1. The van der Waals surface area contributed by atoms with Crippen LogP contribution in [0.3, 0.4) is 0 Å². The van der Waals surface area contributed by atoms with Crippen LogP contribution >= 0.6 is 11.3 Å². The minimum atomic E-state index is -4.42. The van der Waals surface area contributed by atoms with Crippen molar-refractivity contribution in [1.82, 2.24) is 14.8 Å². The first-order chi connectivity index (χ1) is 17.7. The highest BCUT2D eigenvalue weighted by Crippen LogP contribution is 2.30. The molecule has 0 unspecified atom stereocenters. The smallest absolute Gasteiger partial charge is 0.416 e. The van der Waals surface area contributed by atoms with E-state index in [0.29, 0.717) is 38.1 Å². The molecule has 0 saturated carbocycles. The second kappa shape index (κ2) is 11.9. The number of hydrogen-bond acceptors (Lipinski definition) is 7. The molecule has 1 saturated heterocycles. The van der Waals surface area contributed by atoms with E-state index in [1.165, 1.54) is 12.3 Å². The van der Waals surface area contributed by atoms with E-state index in [2.05, 4.69) is 4.98 Å². The zero-order valence-electron chi connectivity index (χ0n) is 20.4. The fraction of sp³-hybridized carbons (Fsp3) is 0.423. The van der Waals surface area contributed by atoms with E-state index < -0.39 is 11.7 Å². The van der Waals surface area contributed by atoms with Gasteiger partial charge in [-0.15, -0.1) is 11.3 Å². The van der Waals surface area contributed by atoms with Gasteiger partial charge in [-0.3, -0.25) is 14.5 Å². The fourth-order valence-electron chi connectivity index (χ4n) is 4.34. The lowest BCUT2D eigenvalue weighted by molar-refractivity contribution is -0.149. The van der Waals surface area contributed by atoms with Crippen LogP contribution in [0.4, 0.5) is 13.2 Å². The van der Waals surface area contributed by atoms with Gasteiger partial charge in [-0.1, -0.05) is 24.3 Å². The molecular formula is C26H28F3N3O4S. The predicted octanol–water partition coefficient (Wildman–Crippen LogP) is 5.37. The van der Waals surface area contributed by atoms with E-state index in [1.807, 2.05) is 22.4 Å². The summed E-state index contributed by atoms with van der Waals surface area (Å²) in [5, 5.41) is 1.93. The second-order valence-electron chi connectivity index (χ2n) is 8.89. The van der Waals surface area contributed by atoms with Crippen molar-refractivity contribution in [2.75, 3.05) is 19.7 Å². The first-order valence-electron chi connectivity index (χ1n) is 12.0. The van der Waals surface area contributed by atoms with Crippen LogP contribution in [0.15, 0.2) is 52.5 Å². The van der Waals surface area contributed by atoms with Crippen molar-refractivity contribution in [3.8, 4) is 0 Å². The predicted molar refractivity (Wildman–Crippen MR) is 130 cm³/mol. The molecule has 7 nitrogen and oxygen atoms in total. The molecule has 37 heavy (non-hydrogen) atoms. The van der Waals surface area contributed by atoms with Crippen molar-refractivity contribution < 1.29 is 31.9 Å². The number of thiophene rings is 1. The summed E-state index contributed by atoms with van der Waals surface area (Å²) in [5.74, 6) is -0.713. The molecule has 1 atom stereocenters. The Labute approximate surface area is 216 Å². The highest BCUT2D eigenvalue weighted by Gasteiger charge is 2.32.